The summed E-state index contributed by atoms with van der Waals surface area (Å²) >= 11 is 1.25. The van der Waals surface area contributed by atoms with Gasteiger partial charge in [-0.1, -0.05) is 11.3 Å². The van der Waals surface area contributed by atoms with Gasteiger partial charge >= 0.3 is 0 Å². The smallest absolute Gasteiger partial charge is 0.286 e. The Morgan fingerprint density at radius 3 is 2.30 bits per heavy atom. The van der Waals surface area contributed by atoms with E-state index in [1.807, 2.05) is 0 Å². The number of methoxy groups -OCH3 is 4. The molecule has 1 saturated heterocycles. The number of aromatic nitrogens is 1. The molecule has 37 heavy (non-hydrogen) atoms. The monoisotopic (exact) mass is 532 g/mol. The van der Waals surface area contributed by atoms with E-state index in [2.05, 4.69) is 4.90 Å². The third kappa shape index (κ3) is 5.38. The Balaban J connectivity index is 1.82. The van der Waals surface area contributed by atoms with E-state index in [9.17, 15) is 14.9 Å². The zero-order valence-electron chi connectivity index (χ0n) is 21.0. The van der Waals surface area contributed by atoms with Crippen molar-refractivity contribution in [3.8, 4) is 23.0 Å². The maximum Gasteiger partial charge on any atom is 0.286 e. The van der Waals surface area contributed by atoms with Crippen LogP contribution in [0.2, 0.25) is 0 Å². The van der Waals surface area contributed by atoms with Crippen LogP contribution in [0.5, 0.6) is 23.0 Å². The predicted octanol–water partition coefficient (Wildman–Crippen LogP) is 3.22. The number of anilines is 1. The maximum atomic E-state index is 14.0. The molecule has 4 rings (SSSR count). The van der Waals surface area contributed by atoms with Gasteiger partial charge in [0.1, 0.15) is 27.3 Å². The van der Waals surface area contributed by atoms with Gasteiger partial charge in [0, 0.05) is 32.2 Å². The van der Waals surface area contributed by atoms with Crippen LogP contribution in [0.4, 0.5) is 10.8 Å². The van der Waals surface area contributed by atoms with E-state index in [4.69, 9.17) is 28.7 Å². The maximum absolute atomic E-state index is 14.0. The van der Waals surface area contributed by atoms with Gasteiger partial charge in [0.2, 0.25) is 0 Å². The topological polar surface area (TPSA) is 126 Å². The highest BCUT2D eigenvalue weighted by molar-refractivity contribution is 7.22. The van der Waals surface area contributed by atoms with Crippen LogP contribution in [0.3, 0.4) is 0 Å². The molecule has 0 aliphatic carbocycles. The number of fused-ring (bicyclic) bond motifs is 1. The first-order valence-electron chi connectivity index (χ1n) is 11.5. The number of ether oxygens (including phenoxy) is 5. The fourth-order valence-corrected chi connectivity index (χ4v) is 5.17. The van der Waals surface area contributed by atoms with E-state index in [-0.39, 0.29) is 23.6 Å². The molecule has 0 N–H and O–H groups in total. The number of carbonyl (C=O) groups is 1. The van der Waals surface area contributed by atoms with E-state index >= 15 is 0 Å². The molecule has 13 heteroatoms. The zero-order chi connectivity index (χ0) is 26.5. The second-order valence-electron chi connectivity index (χ2n) is 8.04. The van der Waals surface area contributed by atoms with Crippen LogP contribution in [0.1, 0.15) is 10.4 Å². The summed E-state index contributed by atoms with van der Waals surface area (Å²) in [5.74, 6) is 0.878. The van der Waals surface area contributed by atoms with Gasteiger partial charge in [0.05, 0.1) is 52.6 Å². The number of carbonyl (C=O) groups excluding carboxylic acids is 1. The number of morpholine rings is 1. The number of thiazole rings is 1. The first kappa shape index (κ1) is 26.4. The van der Waals surface area contributed by atoms with E-state index < -0.39 is 16.5 Å². The predicted molar refractivity (Wildman–Crippen MR) is 138 cm³/mol. The normalized spacial score (nSPS) is 13.8. The lowest BCUT2D eigenvalue weighted by atomic mass is 10.1. The largest absolute Gasteiger partial charge is 0.495 e. The van der Waals surface area contributed by atoms with Gasteiger partial charge < -0.3 is 23.7 Å². The van der Waals surface area contributed by atoms with E-state index in [0.717, 1.165) is 13.1 Å². The van der Waals surface area contributed by atoms with Gasteiger partial charge in [0.25, 0.3) is 11.6 Å². The molecular weight excluding hydrogens is 504 g/mol. The number of hydrogen-bond acceptors (Lipinski definition) is 11. The van der Waals surface area contributed by atoms with Crippen LogP contribution in [-0.2, 0) is 4.74 Å². The molecule has 12 nitrogen and oxygen atoms in total. The number of benzene rings is 2. The molecule has 0 radical (unpaired) electrons. The van der Waals surface area contributed by atoms with Crippen molar-refractivity contribution >= 4 is 38.3 Å². The Labute approximate surface area is 217 Å². The molecular formula is C24H28N4O8S. The van der Waals surface area contributed by atoms with Gasteiger partial charge in [-0.25, -0.2) is 4.98 Å². The zero-order valence-corrected chi connectivity index (χ0v) is 21.8. The second-order valence-corrected chi connectivity index (χ2v) is 9.01. The third-order valence-electron chi connectivity index (χ3n) is 6.05. The van der Waals surface area contributed by atoms with Crippen molar-refractivity contribution in [2.75, 3.05) is 72.7 Å². The van der Waals surface area contributed by atoms with Crippen molar-refractivity contribution in [2.45, 2.75) is 0 Å². The summed E-state index contributed by atoms with van der Waals surface area (Å²) in [5, 5.41) is 12.3. The van der Waals surface area contributed by atoms with Gasteiger partial charge in [-0.05, 0) is 12.1 Å². The Morgan fingerprint density at radius 2 is 1.68 bits per heavy atom. The molecule has 1 aromatic heterocycles. The fraction of sp³-hybridized carbons (Fsp3) is 0.417. The number of amides is 1. The lowest BCUT2D eigenvalue weighted by Crippen LogP contribution is -2.43. The van der Waals surface area contributed by atoms with Crippen LogP contribution in [-0.4, -0.2) is 88.5 Å². The first-order chi connectivity index (χ1) is 17.9. The lowest BCUT2D eigenvalue weighted by Gasteiger charge is -2.29. The van der Waals surface area contributed by atoms with Crippen molar-refractivity contribution in [2.24, 2.45) is 0 Å². The number of hydrogen-bond donors (Lipinski definition) is 0. The number of nitrogens with zero attached hydrogens (tertiary/aromatic N) is 4. The Kier molecular flexibility index (Phi) is 8.26. The summed E-state index contributed by atoms with van der Waals surface area (Å²) in [6.45, 7) is 3.42. The highest BCUT2D eigenvalue weighted by Gasteiger charge is 2.31. The summed E-state index contributed by atoms with van der Waals surface area (Å²) in [4.78, 5) is 33.6. The molecule has 198 valence electrons. The van der Waals surface area contributed by atoms with Gasteiger partial charge in [0.15, 0.2) is 16.6 Å². The van der Waals surface area contributed by atoms with Crippen LogP contribution in [0, 0.1) is 10.1 Å². The molecule has 0 atom stereocenters. The minimum absolute atomic E-state index is 0.136. The Morgan fingerprint density at radius 1 is 1.05 bits per heavy atom. The standard InChI is InChI=1S/C24H28N4O8S/c1-32-17-5-6-18(33-2)22-21(17)25-24(37-22)27(8-7-26-9-11-36-12-10-26)23(29)15-13-19(34-3)20(35-4)14-16(15)28(30)31/h5-6,13-14H,7-12H2,1-4H3. The minimum Gasteiger partial charge on any atom is -0.495 e. The molecule has 1 amide bonds. The Bertz CT molecular complexity index is 1250. The SMILES string of the molecule is COc1cc(C(=O)N(CCN2CCOCC2)c2nc3c(OC)ccc(OC)c3s2)c([N+](=O)[O-])cc1OC. The van der Waals surface area contributed by atoms with Crippen LogP contribution in [0.15, 0.2) is 24.3 Å². The molecule has 2 heterocycles. The highest BCUT2D eigenvalue weighted by Crippen LogP contribution is 2.41. The van der Waals surface area contributed by atoms with Gasteiger partial charge in [-0.2, -0.15) is 0 Å². The Hall–Kier alpha value is -3.68. The molecule has 2 aromatic carbocycles. The number of nitro groups is 1. The van der Waals surface area contributed by atoms with Crippen molar-refractivity contribution < 1.29 is 33.4 Å². The van der Waals surface area contributed by atoms with E-state index in [1.54, 1.807) is 19.2 Å². The van der Waals surface area contributed by atoms with E-state index in [0.29, 0.717) is 46.6 Å². The molecule has 0 unspecified atom stereocenters. The summed E-state index contributed by atoms with van der Waals surface area (Å²) in [6, 6.07) is 6.03. The van der Waals surface area contributed by atoms with Gasteiger partial charge in [-0.15, -0.1) is 0 Å². The summed E-state index contributed by atoms with van der Waals surface area (Å²) in [7, 11) is 5.86. The fourth-order valence-electron chi connectivity index (χ4n) is 4.08. The van der Waals surface area contributed by atoms with Crippen LogP contribution < -0.4 is 23.8 Å². The second kappa shape index (κ2) is 11.6. The summed E-state index contributed by atoms with van der Waals surface area (Å²) in [6.07, 6.45) is 0. The number of rotatable bonds is 10. The molecule has 3 aromatic rings. The minimum atomic E-state index is -0.611. The lowest BCUT2D eigenvalue weighted by molar-refractivity contribution is -0.385. The molecule has 1 aliphatic heterocycles. The van der Waals surface area contributed by atoms with Gasteiger partial charge in [-0.3, -0.25) is 24.7 Å². The van der Waals surface area contributed by atoms with Crippen molar-refractivity contribution in [3.63, 3.8) is 0 Å². The third-order valence-corrected chi connectivity index (χ3v) is 7.14. The van der Waals surface area contributed by atoms with Crippen LogP contribution in [0.25, 0.3) is 10.2 Å². The number of nitro benzene ring substituents is 1. The quantitative estimate of drug-likeness (QED) is 0.284. The van der Waals surface area contributed by atoms with Crippen molar-refractivity contribution in [1.82, 2.24) is 9.88 Å². The van der Waals surface area contributed by atoms with E-state index in [1.165, 1.54) is 49.7 Å². The van der Waals surface area contributed by atoms with Crippen molar-refractivity contribution in [3.05, 3.63) is 39.9 Å². The molecule has 1 fully saturated rings. The average molecular weight is 533 g/mol. The molecule has 0 spiro atoms. The first-order valence-corrected chi connectivity index (χ1v) is 12.3. The molecule has 0 saturated carbocycles. The average Bonchev–Trinajstić information content (AvgIpc) is 3.37. The summed E-state index contributed by atoms with van der Waals surface area (Å²) in [5.41, 5.74) is 0.00550. The van der Waals surface area contributed by atoms with Crippen LogP contribution >= 0.6 is 11.3 Å². The van der Waals surface area contributed by atoms with Crippen molar-refractivity contribution in [1.29, 1.82) is 0 Å². The highest BCUT2D eigenvalue weighted by atomic mass is 32.1. The molecule has 0 bridgehead atoms. The molecule has 1 aliphatic rings. The summed E-state index contributed by atoms with van der Waals surface area (Å²) < 4.78 is 27.6.